The van der Waals surface area contributed by atoms with Crippen molar-refractivity contribution in [3.63, 3.8) is 0 Å². The van der Waals surface area contributed by atoms with E-state index in [9.17, 15) is 13.2 Å². The van der Waals surface area contributed by atoms with Crippen LogP contribution >= 0.6 is 0 Å². The lowest BCUT2D eigenvalue weighted by atomic mass is 10.1. The minimum Gasteiger partial charge on any atom is -0.368 e. The molecule has 1 heterocycles. The topological polar surface area (TPSA) is 57.7 Å². The molecule has 1 aliphatic rings. The van der Waals surface area contributed by atoms with Gasteiger partial charge < -0.3 is 9.80 Å². The minimum atomic E-state index is -3.20. The highest BCUT2D eigenvalue weighted by Gasteiger charge is 2.21. The summed E-state index contributed by atoms with van der Waals surface area (Å²) in [6.07, 6.45) is 1.48. The second kappa shape index (κ2) is 7.27. The van der Waals surface area contributed by atoms with Crippen LogP contribution in [0.5, 0.6) is 0 Å². The zero-order valence-electron chi connectivity index (χ0n) is 14.3. The first-order chi connectivity index (χ1) is 11.9. The van der Waals surface area contributed by atoms with Crippen LogP contribution in [0.15, 0.2) is 59.5 Å². The van der Waals surface area contributed by atoms with E-state index in [4.69, 9.17) is 0 Å². The predicted molar refractivity (Wildman–Crippen MR) is 98.5 cm³/mol. The van der Waals surface area contributed by atoms with Crippen LogP contribution in [0.2, 0.25) is 0 Å². The Balaban J connectivity index is 1.56. The van der Waals surface area contributed by atoms with E-state index in [1.807, 2.05) is 23.1 Å². The van der Waals surface area contributed by atoms with Gasteiger partial charge in [-0.1, -0.05) is 30.3 Å². The summed E-state index contributed by atoms with van der Waals surface area (Å²) in [6, 6.07) is 16.8. The lowest BCUT2D eigenvalue weighted by Crippen LogP contribution is -2.49. The highest BCUT2D eigenvalue weighted by Crippen LogP contribution is 2.16. The van der Waals surface area contributed by atoms with Crippen molar-refractivity contribution >= 4 is 21.4 Å². The first-order valence-corrected chi connectivity index (χ1v) is 10.2. The Bertz CT molecular complexity index is 825. The molecule has 1 amide bonds. The molecule has 0 unspecified atom stereocenters. The Kier molecular flexibility index (Phi) is 5.08. The maximum atomic E-state index is 12.5. The fraction of sp³-hybridized carbons (Fsp3) is 0.316. The molecule has 132 valence electrons. The van der Waals surface area contributed by atoms with Crippen molar-refractivity contribution in [2.24, 2.45) is 0 Å². The zero-order chi connectivity index (χ0) is 17.9. The van der Waals surface area contributed by atoms with Crippen LogP contribution in [-0.4, -0.2) is 51.7 Å². The van der Waals surface area contributed by atoms with Crippen molar-refractivity contribution in [3.8, 4) is 0 Å². The molecule has 0 N–H and O–H groups in total. The van der Waals surface area contributed by atoms with E-state index in [1.54, 1.807) is 24.3 Å². The van der Waals surface area contributed by atoms with Crippen LogP contribution in [0.25, 0.3) is 0 Å². The largest absolute Gasteiger partial charge is 0.368 e. The van der Waals surface area contributed by atoms with E-state index in [1.165, 1.54) is 11.9 Å². The number of rotatable bonds is 4. The van der Waals surface area contributed by atoms with Crippen molar-refractivity contribution in [2.75, 3.05) is 37.3 Å². The second-order valence-electron chi connectivity index (χ2n) is 6.30. The number of piperazine rings is 1. The Morgan fingerprint density at radius 1 is 0.920 bits per heavy atom. The molecule has 0 bridgehead atoms. The van der Waals surface area contributed by atoms with Gasteiger partial charge in [-0.2, -0.15) is 0 Å². The van der Waals surface area contributed by atoms with Gasteiger partial charge in [0.2, 0.25) is 5.91 Å². The third kappa shape index (κ3) is 4.39. The van der Waals surface area contributed by atoms with Crippen LogP contribution in [0, 0.1) is 0 Å². The number of benzene rings is 2. The van der Waals surface area contributed by atoms with E-state index in [-0.39, 0.29) is 10.8 Å². The maximum absolute atomic E-state index is 12.5. The van der Waals surface area contributed by atoms with Gasteiger partial charge in [-0.05, 0) is 29.8 Å². The lowest BCUT2D eigenvalue weighted by molar-refractivity contribution is -0.130. The van der Waals surface area contributed by atoms with Crippen molar-refractivity contribution in [1.82, 2.24) is 4.90 Å². The molecule has 2 aromatic rings. The molecule has 0 aliphatic carbocycles. The molecule has 1 saturated heterocycles. The number of para-hydroxylation sites is 1. The summed E-state index contributed by atoms with van der Waals surface area (Å²) < 4.78 is 23.0. The summed E-state index contributed by atoms with van der Waals surface area (Å²) in [7, 11) is -3.20. The van der Waals surface area contributed by atoms with Gasteiger partial charge in [0.15, 0.2) is 9.84 Å². The normalized spacial score (nSPS) is 15.2. The van der Waals surface area contributed by atoms with Crippen LogP contribution in [0.3, 0.4) is 0 Å². The standard InChI is InChI=1S/C19H22N2O3S/c1-25(23,24)18-9-7-16(8-10-18)15-19(22)21-13-11-20(12-14-21)17-5-3-2-4-6-17/h2-10H,11-15H2,1H3. The van der Waals surface area contributed by atoms with Crippen LogP contribution in [-0.2, 0) is 21.1 Å². The molecule has 0 spiro atoms. The predicted octanol–water partition coefficient (Wildman–Crippen LogP) is 1.98. The Morgan fingerprint density at radius 2 is 1.52 bits per heavy atom. The molecule has 2 aromatic carbocycles. The number of anilines is 1. The summed E-state index contributed by atoms with van der Waals surface area (Å²) in [5, 5.41) is 0. The van der Waals surface area contributed by atoms with Crippen molar-refractivity contribution in [2.45, 2.75) is 11.3 Å². The molecule has 0 saturated carbocycles. The van der Waals surface area contributed by atoms with Crippen LogP contribution in [0.1, 0.15) is 5.56 Å². The van der Waals surface area contributed by atoms with E-state index < -0.39 is 9.84 Å². The molecule has 6 heteroatoms. The summed E-state index contributed by atoms with van der Waals surface area (Å²) >= 11 is 0. The molecule has 1 aliphatic heterocycles. The summed E-state index contributed by atoms with van der Waals surface area (Å²) in [5.74, 6) is 0.0832. The molecule has 0 aromatic heterocycles. The molecule has 0 radical (unpaired) electrons. The Labute approximate surface area is 148 Å². The molecule has 3 rings (SSSR count). The summed E-state index contributed by atoms with van der Waals surface area (Å²) in [5.41, 5.74) is 2.02. The van der Waals surface area contributed by atoms with Crippen LogP contribution in [0.4, 0.5) is 5.69 Å². The van der Waals surface area contributed by atoms with Gasteiger partial charge in [-0.15, -0.1) is 0 Å². The Hall–Kier alpha value is -2.34. The highest BCUT2D eigenvalue weighted by molar-refractivity contribution is 7.90. The summed E-state index contributed by atoms with van der Waals surface area (Å²) in [4.78, 5) is 16.9. The fourth-order valence-electron chi connectivity index (χ4n) is 2.99. The highest BCUT2D eigenvalue weighted by atomic mass is 32.2. The third-order valence-electron chi connectivity index (χ3n) is 4.46. The van der Waals surface area contributed by atoms with Gasteiger partial charge >= 0.3 is 0 Å². The molecule has 0 atom stereocenters. The third-order valence-corrected chi connectivity index (χ3v) is 5.59. The number of nitrogens with zero attached hydrogens (tertiary/aromatic N) is 2. The van der Waals surface area contributed by atoms with Gasteiger partial charge in [-0.25, -0.2) is 8.42 Å². The smallest absolute Gasteiger partial charge is 0.227 e. The van der Waals surface area contributed by atoms with Crippen molar-refractivity contribution in [1.29, 1.82) is 0 Å². The number of carbonyl (C=O) groups is 1. The minimum absolute atomic E-state index is 0.0832. The molecule has 25 heavy (non-hydrogen) atoms. The second-order valence-corrected chi connectivity index (χ2v) is 8.31. The SMILES string of the molecule is CS(=O)(=O)c1ccc(CC(=O)N2CCN(c3ccccc3)CC2)cc1. The summed E-state index contributed by atoms with van der Waals surface area (Å²) in [6.45, 7) is 3.05. The number of amides is 1. The van der Waals surface area contributed by atoms with Gasteiger partial charge in [0.25, 0.3) is 0 Å². The van der Waals surface area contributed by atoms with Crippen molar-refractivity contribution in [3.05, 3.63) is 60.2 Å². The first kappa shape index (κ1) is 17.5. The van der Waals surface area contributed by atoms with E-state index >= 15 is 0 Å². The number of carbonyl (C=O) groups excluding carboxylic acids is 1. The molecule has 1 fully saturated rings. The first-order valence-electron chi connectivity index (χ1n) is 8.30. The van der Waals surface area contributed by atoms with Gasteiger partial charge in [0, 0.05) is 38.1 Å². The number of sulfone groups is 1. The monoisotopic (exact) mass is 358 g/mol. The molecular formula is C19H22N2O3S. The van der Waals surface area contributed by atoms with Gasteiger partial charge in [0.1, 0.15) is 0 Å². The fourth-order valence-corrected chi connectivity index (χ4v) is 3.62. The zero-order valence-corrected chi connectivity index (χ0v) is 15.1. The number of hydrogen-bond donors (Lipinski definition) is 0. The average molecular weight is 358 g/mol. The van der Waals surface area contributed by atoms with Crippen LogP contribution < -0.4 is 4.90 Å². The Morgan fingerprint density at radius 3 is 2.08 bits per heavy atom. The quantitative estimate of drug-likeness (QED) is 0.839. The van der Waals surface area contributed by atoms with Crippen molar-refractivity contribution < 1.29 is 13.2 Å². The lowest BCUT2D eigenvalue weighted by Gasteiger charge is -2.36. The van der Waals surface area contributed by atoms with Gasteiger partial charge in [0.05, 0.1) is 11.3 Å². The van der Waals surface area contributed by atoms with E-state index in [2.05, 4.69) is 17.0 Å². The van der Waals surface area contributed by atoms with E-state index in [0.717, 1.165) is 18.7 Å². The number of hydrogen-bond acceptors (Lipinski definition) is 4. The van der Waals surface area contributed by atoms with Gasteiger partial charge in [-0.3, -0.25) is 4.79 Å². The van der Waals surface area contributed by atoms with E-state index in [0.29, 0.717) is 19.5 Å². The maximum Gasteiger partial charge on any atom is 0.227 e. The molecule has 5 nitrogen and oxygen atoms in total. The molecular weight excluding hydrogens is 336 g/mol. The average Bonchev–Trinajstić information content (AvgIpc) is 2.62.